The van der Waals surface area contributed by atoms with Crippen molar-refractivity contribution in [1.29, 1.82) is 0 Å². The zero-order valence-electron chi connectivity index (χ0n) is 10.5. The Kier molecular flexibility index (Phi) is 7.85. The Morgan fingerprint density at radius 3 is 2.50 bits per heavy atom. The maximum Gasteiger partial charge on any atom is 0.306 e. The molecule has 0 bridgehead atoms. The van der Waals surface area contributed by atoms with Crippen molar-refractivity contribution in [2.24, 2.45) is 11.8 Å². The molecule has 0 aliphatic rings. The Bertz CT molecular complexity index is 235. The Morgan fingerprint density at radius 1 is 1.44 bits per heavy atom. The third-order valence-electron chi connectivity index (χ3n) is 2.62. The Labute approximate surface area is 97.2 Å². The van der Waals surface area contributed by atoms with E-state index in [1.54, 1.807) is 14.0 Å². The molecule has 2 atom stereocenters. The summed E-state index contributed by atoms with van der Waals surface area (Å²) in [5.41, 5.74) is 1.11. The fraction of sp³-hybridized carbons (Fsp3) is 0.750. The van der Waals surface area contributed by atoms with Gasteiger partial charge in [0.25, 0.3) is 0 Å². The number of aliphatic carboxylic acids is 1. The average molecular weight is 230 g/mol. The summed E-state index contributed by atoms with van der Waals surface area (Å²) in [6.07, 6.45) is 2.84. The zero-order chi connectivity index (χ0) is 12.6. The van der Waals surface area contributed by atoms with Crippen LogP contribution in [-0.2, 0) is 14.3 Å². The molecule has 94 valence electrons. The summed E-state index contributed by atoms with van der Waals surface area (Å²) in [5.74, 6) is -1.13. The molecular formula is C12H22O4. The van der Waals surface area contributed by atoms with Gasteiger partial charge >= 0.3 is 5.97 Å². The van der Waals surface area contributed by atoms with Gasteiger partial charge in [0.1, 0.15) is 6.79 Å². The van der Waals surface area contributed by atoms with Gasteiger partial charge in [-0.05, 0) is 17.9 Å². The summed E-state index contributed by atoms with van der Waals surface area (Å²) in [6, 6.07) is 0. The van der Waals surface area contributed by atoms with Crippen LogP contribution in [0.1, 0.15) is 27.2 Å². The molecule has 0 heterocycles. The number of allylic oxidation sites excluding steroid dienone is 1. The first-order valence-corrected chi connectivity index (χ1v) is 5.51. The van der Waals surface area contributed by atoms with Crippen molar-refractivity contribution in [3.8, 4) is 0 Å². The van der Waals surface area contributed by atoms with E-state index in [9.17, 15) is 4.79 Å². The molecule has 16 heavy (non-hydrogen) atoms. The van der Waals surface area contributed by atoms with E-state index >= 15 is 0 Å². The molecule has 0 aromatic heterocycles. The summed E-state index contributed by atoms with van der Waals surface area (Å²) in [5, 5.41) is 8.87. The van der Waals surface area contributed by atoms with E-state index in [-0.39, 0.29) is 18.6 Å². The fourth-order valence-corrected chi connectivity index (χ4v) is 1.27. The SMILES string of the molecule is CC/C(=C\[C@@H](C)[C@@H](C)C(=O)O)COCOC. The molecule has 4 nitrogen and oxygen atoms in total. The second kappa shape index (κ2) is 8.30. The molecule has 0 saturated heterocycles. The molecule has 1 N–H and O–H groups in total. The van der Waals surface area contributed by atoms with Crippen LogP contribution in [0.25, 0.3) is 0 Å². The normalized spacial score (nSPS) is 15.9. The minimum Gasteiger partial charge on any atom is -0.481 e. The van der Waals surface area contributed by atoms with Crippen molar-refractivity contribution in [3.63, 3.8) is 0 Å². The molecule has 0 unspecified atom stereocenters. The lowest BCUT2D eigenvalue weighted by atomic mass is 9.93. The summed E-state index contributed by atoms with van der Waals surface area (Å²) < 4.78 is 10.0. The number of hydrogen-bond donors (Lipinski definition) is 1. The molecule has 0 saturated carbocycles. The van der Waals surface area contributed by atoms with Gasteiger partial charge in [-0.3, -0.25) is 4.79 Å². The fourth-order valence-electron chi connectivity index (χ4n) is 1.27. The minimum absolute atomic E-state index is 0.0126. The molecule has 0 aromatic carbocycles. The van der Waals surface area contributed by atoms with Crippen molar-refractivity contribution in [2.45, 2.75) is 27.2 Å². The highest BCUT2D eigenvalue weighted by atomic mass is 16.7. The third-order valence-corrected chi connectivity index (χ3v) is 2.62. The number of carboxylic acid groups (broad SMARTS) is 1. The van der Waals surface area contributed by atoms with Crippen molar-refractivity contribution in [3.05, 3.63) is 11.6 Å². The molecule has 0 aliphatic carbocycles. The Balaban J connectivity index is 4.26. The van der Waals surface area contributed by atoms with Crippen LogP contribution in [0.5, 0.6) is 0 Å². The predicted octanol–water partition coefficient (Wildman–Crippen LogP) is 2.30. The topological polar surface area (TPSA) is 55.8 Å². The molecule has 0 aliphatic heterocycles. The highest BCUT2D eigenvalue weighted by Crippen LogP contribution is 2.16. The highest BCUT2D eigenvalue weighted by Gasteiger charge is 2.17. The van der Waals surface area contributed by atoms with Gasteiger partial charge in [0.2, 0.25) is 0 Å². The first kappa shape index (κ1) is 15.1. The lowest BCUT2D eigenvalue weighted by molar-refractivity contribution is -0.142. The van der Waals surface area contributed by atoms with Crippen LogP contribution in [0.15, 0.2) is 11.6 Å². The van der Waals surface area contributed by atoms with Gasteiger partial charge in [0, 0.05) is 7.11 Å². The van der Waals surface area contributed by atoms with Crippen LogP contribution >= 0.6 is 0 Å². The zero-order valence-corrected chi connectivity index (χ0v) is 10.5. The molecule has 0 amide bonds. The van der Waals surface area contributed by atoms with Gasteiger partial charge in [-0.2, -0.15) is 0 Å². The van der Waals surface area contributed by atoms with E-state index in [2.05, 4.69) is 0 Å². The second-order valence-electron chi connectivity index (χ2n) is 3.92. The number of rotatable bonds is 8. The van der Waals surface area contributed by atoms with E-state index in [1.807, 2.05) is 19.9 Å². The molecule has 0 fully saturated rings. The Morgan fingerprint density at radius 2 is 2.06 bits per heavy atom. The van der Waals surface area contributed by atoms with Gasteiger partial charge in [-0.25, -0.2) is 0 Å². The molecule has 4 heteroatoms. The first-order chi connectivity index (χ1) is 7.52. The second-order valence-corrected chi connectivity index (χ2v) is 3.92. The third kappa shape index (κ3) is 5.88. The number of methoxy groups -OCH3 is 1. The quantitative estimate of drug-likeness (QED) is 0.395. The summed E-state index contributed by atoms with van der Waals surface area (Å²) in [6.45, 7) is 6.42. The van der Waals surface area contributed by atoms with Crippen molar-refractivity contribution >= 4 is 5.97 Å². The molecule has 0 spiro atoms. The number of hydrogen-bond acceptors (Lipinski definition) is 3. The standard InChI is InChI=1S/C12H22O4/c1-5-11(7-16-8-15-4)6-9(2)10(3)12(13)14/h6,9-10H,5,7-8H2,1-4H3,(H,13,14)/b11-6+/t9-,10-/m1/s1. The minimum atomic E-state index is -0.767. The van der Waals surface area contributed by atoms with Gasteiger partial charge in [-0.1, -0.05) is 26.8 Å². The predicted molar refractivity (Wildman–Crippen MR) is 62.2 cm³/mol. The van der Waals surface area contributed by atoms with Crippen LogP contribution in [0.3, 0.4) is 0 Å². The van der Waals surface area contributed by atoms with E-state index in [4.69, 9.17) is 14.6 Å². The van der Waals surface area contributed by atoms with Gasteiger partial charge < -0.3 is 14.6 Å². The lowest BCUT2D eigenvalue weighted by Crippen LogP contribution is -2.17. The monoisotopic (exact) mass is 230 g/mol. The average Bonchev–Trinajstić information content (AvgIpc) is 2.26. The van der Waals surface area contributed by atoms with Crippen molar-refractivity contribution in [2.75, 3.05) is 20.5 Å². The van der Waals surface area contributed by atoms with Gasteiger partial charge in [0.15, 0.2) is 0 Å². The smallest absolute Gasteiger partial charge is 0.306 e. The van der Waals surface area contributed by atoms with Crippen LogP contribution in [0.2, 0.25) is 0 Å². The maximum absolute atomic E-state index is 10.8. The highest BCUT2D eigenvalue weighted by molar-refractivity contribution is 5.70. The van der Waals surface area contributed by atoms with E-state index in [1.165, 1.54) is 0 Å². The molecule has 0 radical (unpaired) electrons. The maximum atomic E-state index is 10.8. The molecule has 0 aromatic rings. The van der Waals surface area contributed by atoms with Crippen molar-refractivity contribution in [1.82, 2.24) is 0 Å². The lowest BCUT2D eigenvalue weighted by Gasteiger charge is -2.14. The van der Waals surface area contributed by atoms with E-state index < -0.39 is 5.97 Å². The van der Waals surface area contributed by atoms with Crippen LogP contribution in [-0.4, -0.2) is 31.6 Å². The summed E-state index contributed by atoms with van der Waals surface area (Å²) >= 11 is 0. The number of carboxylic acids is 1. The van der Waals surface area contributed by atoms with Crippen molar-refractivity contribution < 1.29 is 19.4 Å². The molecule has 0 rings (SSSR count). The summed E-state index contributed by atoms with van der Waals surface area (Å²) in [4.78, 5) is 10.8. The summed E-state index contributed by atoms with van der Waals surface area (Å²) in [7, 11) is 1.57. The largest absolute Gasteiger partial charge is 0.481 e. The first-order valence-electron chi connectivity index (χ1n) is 5.51. The van der Waals surface area contributed by atoms with E-state index in [0.29, 0.717) is 6.61 Å². The van der Waals surface area contributed by atoms with Crippen LogP contribution in [0.4, 0.5) is 0 Å². The Hall–Kier alpha value is -0.870. The van der Waals surface area contributed by atoms with Crippen LogP contribution in [0, 0.1) is 11.8 Å². The van der Waals surface area contributed by atoms with Crippen LogP contribution < -0.4 is 0 Å². The number of carbonyl (C=O) groups is 1. The van der Waals surface area contributed by atoms with E-state index in [0.717, 1.165) is 12.0 Å². The van der Waals surface area contributed by atoms with Gasteiger partial charge in [-0.15, -0.1) is 0 Å². The molecular weight excluding hydrogens is 208 g/mol. The number of ether oxygens (including phenoxy) is 2. The van der Waals surface area contributed by atoms with Gasteiger partial charge in [0.05, 0.1) is 12.5 Å².